The van der Waals surface area contributed by atoms with Gasteiger partial charge in [0.05, 0.1) is 5.56 Å². The van der Waals surface area contributed by atoms with Crippen molar-refractivity contribution in [2.45, 2.75) is 26.4 Å². The van der Waals surface area contributed by atoms with E-state index in [9.17, 15) is 13.2 Å². The summed E-state index contributed by atoms with van der Waals surface area (Å²) in [6.45, 7) is 5.58. The molecule has 0 aromatic heterocycles. The van der Waals surface area contributed by atoms with Crippen molar-refractivity contribution in [1.29, 1.82) is 0 Å². The van der Waals surface area contributed by atoms with E-state index < -0.39 is 11.7 Å². The molecule has 0 saturated heterocycles. The minimum atomic E-state index is -4.28. The fraction of sp³-hybridized carbons (Fsp3) is 0.429. The van der Waals surface area contributed by atoms with Crippen LogP contribution in [0, 0.1) is 0 Å². The molecule has 0 heterocycles. The van der Waals surface area contributed by atoms with Crippen molar-refractivity contribution in [1.82, 2.24) is 5.32 Å². The van der Waals surface area contributed by atoms with Crippen molar-refractivity contribution in [3.8, 4) is 0 Å². The summed E-state index contributed by atoms with van der Waals surface area (Å²) in [5, 5.41) is 3.21. The number of halogens is 3. The smallest absolute Gasteiger partial charge is 0.313 e. The lowest BCUT2D eigenvalue weighted by Crippen LogP contribution is -2.16. The Morgan fingerprint density at radius 1 is 1.33 bits per heavy atom. The largest absolute Gasteiger partial charge is 0.416 e. The fourth-order valence-corrected chi connectivity index (χ4v) is 1.60. The van der Waals surface area contributed by atoms with Gasteiger partial charge < -0.3 is 5.32 Å². The number of hydrogen-bond acceptors (Lipinski definition) is 1. The Kier molecular flexibility index (Phi) is 5.41. The van der Waals surface area contributed by atoms with Crippen LogP contribution in [0.15, 0.2) is 29.8 Å². The molecule has 0 radical (unpaired) electrons. The SMILES string of the molecule is CCCNCC(C)=Cc1cccc(C(F)(F)F)c1. The maximum Gasteiger partial charge on any atom is 0.416 e. The van der Waals surface area contributed by atoms with Gasteiger partial charge in [0.25, 0.3) is 0 Å². The Morgan fingerprint density at radius 3 is 2.67 bits per heavy atom. The Morgan fingerprint density at radius 2 is 2.06 bits per heavy atom. The summed E-state index contributed by atoms with van der Waals surface area (Å²) in [4.78, 5) is 0. The molecule has 0 amide bonds. The zero-order valence-electron chi connectivity index (χ0n) is 10.6. The monoisotopic (exact) mass is 257 g/mol. The topological polar surface area (TPSA) is 12.0 Å². The third-order valence-electron chi connectivity index (χ3n) is 2.46. The van der Waals surface area contributed by atoms with E-state index in [1.165, 1.54) is 12.1 Å². The van der Waals surface area contributed by atoms with Crippen molar-refractivity contribution in [2.24, 2.45) is 0 Å². The maximum absolute atomic E-state index is 12.5. The van der Waals surface area contributed by atoms with Gasteiger partial charge >= 0.3 is 6.18 Å². The molecule has 4 heteroatoms. The van der Waals surface area contributed by atoms with Crippen LogP contribution < -0.4 is 5.32 Å². The molecular weight excluding hydrogens is 239 g/mol. The van der Waals surface area contributed by atoms with E-state index >= 15 is 0 Å². The second-order valence-electron chi connectivity index (χ2n) is 4.29. The number of hydrogen-bond donors (Lipinski definition) is 1. The van der Waals surface area contributed by atoms with Gasteiger partial charge in [-0.25, -0.2) is 0 Å². The average Bonchev–Trinajstić information content (AvgIpc) is 2.28. The summed E-state index contributed by atoms with van der Waals surface area (Å²) in [5.41, 5.74) is 0.994. The Hall–Kier alpha value is -1.29. The lowest BCUT2D eigenvalue weighted by Gasteiger charge is -2.08. The molecule has 0 atom stereocenters. The van der Waals surface area contributed by atoms with Crippen LogP contribution in [0.4, 0.5) is 13.2 Å². The highest BCUT2D eigenvalue weighted by molar-refractivity contribution is 5.53. The molecule has 0 fully saturated rings. The molecule has 0 aliphatic rings. The summed E-state index contributed by atoms with van der Waals surface area (Å²) < 4.78 is 37.6. The van der Waals surface area contributed by atoms with E-state index in [2.05, 4.69) is 12.2 Å². The van der Waals surface area contributed by atoms with Crippen molar-refractivity contribution >= 4 is 6.08 Å². The zero-order valence-corrected chi connectivity index (χ0v) is 10.6. The first-order valence-electron chi connectivity index (χ1n) is 5.98. The van der Waals surface area contributed by atoms with Gasteiger partial charge in [-0.1, -0.05) is 30.7 Å². The molecule has 0 bridgehead atoms. The molecule has 1 nitrogen and oxygen atoms in total. The van der Waals surface area contributed by atoms with Crippen LogP contribution in [0.25, 0.3) is 6.08 Å². The molecule has 0 saturated carbocycles. The van der Waals surface area contributed by atoms with Crippen LogP contribution in [0.5, 0.6) is 0 Å². The minimum absolute atomic E-state index is 0.584. The normalized spacial score (nSPS) is 12.8. The summed E-state index contributed by atoms with van der Waals surface area (Å²) in [5.74, 6) is 0. The molecule has 0 unspecified atom stereocenters. The predicted octanol–water partition coefficient (Wildman–Crippen LogP) is 4.11. The molecule has 0 aliphatic heterocycles. The lowest BCUT2D eigenvalue weighted by atomic mass is 10.1. The van der Waals surface area contributed by atoms with Gasteiger partial charge in [-0.3, -0.25) is 0 Å². The van der Waals surface area contributed by atoms with Crippen LogP contribution in [-0.2, 0) is 6.18 Å². The van der Waals surface area contributed by atoms with Gasteiger partial charge in [0.1, 0.15) is 0 Å². The van der Waals surface area contributed by atoms with Gasteiger partial charge in [-0.15, -0.1) is 0 Å². The summed E-state index contributed by atoms with van der Waals surface area (Å²) >= 11 is 0. The third-order valence-corrected chi connectivity index (χ3v) is 2.46. The van der Waals surface area contributed by atoms with Gasteiger partial charge in [-0.2, -0.15) is 13.2 Å². The number of benzene rings is 1. The van der Waals surface area contributed by atoms with Crippen LogP contribution in [0.1, 0.15) is 31.4 Å². The zero-order chi connectivity index (χ0) is 13.6. The number of alkyl halides is 3. The van der Waals surface area contributed by atoms with Crippen molar-refractivity contribution in [3.63, 3.8) is 0 Å². The number of rotatable bonds is 5. The van der Waals surface area contributed by atoms with Gasteiger partial charge in [0.2, 0.25) is 0 Å². The molecule has 1 rings (SSSR count). The fourth-order valence-electron chi connectivity index (χ4n) is 1.60. The highest BCUT2D eigenvalue weighted by Crippen LogP contribution is 2.29. The molecular formula is C14H18F3N. The highest BCUT2D eigenvalue weighted by Gasteiger charge is 2.30. The van der Waals surface area contributed by atoms with Crippen molar-refractivity contribution < 1.29 is 13.2 Å². The molecule has 0 spiro atoms. The van der Waals surface area contributed by atoms with Gasteiger partial charge in [-0.05, 0) is 37.6 Å². The first-order valence-corrected chi connectivity index (χ1v) is 5.98. The second-order valence-corrected chi connectivity index (χ2v) is 4.29. The van der Waals surface area contributed by atoms with E-state index in [1.54, 1.807) is 12.1 Å². The predicted molar refractivity (Wildman–Crippen MR) is 68.3 cm³/mol. The molecule has 1 N–H and O–H groups in total. The van der Waals surface area contributed by atoms with E-state index in [-0.39, 0.29) is 0 Å². The van der Waals surface area contributed by atoms with Crippen LogP contribution in [0.2, 0.25) is 0 Å². The first-order chi connectivity index (χ1) is 8.43. The summed E-state index contributed by atoms with van der Waals surface area (Å²) in [7, 11) is 0. The summed E-state index contributed by atoms with van der Waals surface area (Å²) in [6.07, 6.45) is -1.47. The first kappa shape index (κ1) is 14.8. The van der Waals surface area contributed by atoms with Crippen molar-refractivity contribution in [3.05, 3.63) is 41.0 Å². The van der Waals surface area contributed by atoms with E-state index in [0.717, 1.165) is 24.6 Å². The number of nitrogens with one attached hydrogen (secondary N) is 1. The Labute approximate surface area is 106 Å². The molecule has 100 valence electrons. The van der Waals surface area contributed by atoms with E-state index in [4.69, 9.17) is 0 Å². The molecule has 18 heavy (non-hydrogen) atoms. The molecule has 1 aromatic carbocycles. The minimum Gasteiger partial charge on any atom is -0.313 e. The van der Waals surface area contributed by atoms with Crippen LogP contribution in [0.3, 0.4) is 0 Å². The molecule has 0 aliphatic carbocycles. The Bertz CT molecular complexity index is 408. The van der Waals surface area contributed by atoms with Gasteiger partial charge in [0.15, 0.2) is 0 Å². The molecule has 1 aromatic rings. The standard InChI is InChI=1S/C14H18F3N/c1-3-7-18-10-11(2)8-12-5-4-6-13(9-12)14(15,16)17/h4-6,8-9,18H,3,7,10H2,1-2H3. The van der Waals surface area contributed by atoms with Crippen LogP contribution in [-0.4, -0.2) is 13.1 Å². The summed E-state index contributed by atoms with van der Waals surface area (Å²) in [6, 6.07) is 5.37. The van der Waals surface area contributed by atoms with Gasteiger partial charge in [0, 0.05) is 6.54 Å². The lowest BCUT2D eigenvalue weighted by molar-refractivity contribution is -0.137. The Balaban J connectivity index is 2.75. The quantitative estimate of drug-likeness (QED) is 0.783. The van der Waals surface area contributed by atoms with E-state index in [1.807, 2.05) is 6.92 Å². The average molecular weight is 257 g/mol. The van der Waals surface area contributed by atoms with Crippen molar-refractivity contribution in [2.75, 3.05) is 13.1 Å². The highest BCUT2D eigenvalue weighted by atomic mass is 19.4. The van der Waals surface area contributed by atoms with E-state index in [0.29, 0.717) is 12.1 Å². The maximum atomic E-state index is 12.5. The second kappa shape index (κ2) is 6.59. The van der Waals surface area contributed by atoms with Crippen LogP contribution >= 0.6 is 0 Å². The third kappa shape index (κ3) is 4.92.